The molecule has 8 heteroatoms. The lowest BCUT2D eigenvalue weighted by molar-refractivity contribution is -0.140. The molecule has 6 nitrogen and oxygen atoms in total. The van der Waals surface area contributed by atoms with E-state index >= 15 is 0 Å². The molecule has 1 saturated carbocycles. The van der Waals surface area contributed by atoms with E-state index < -0.39 is 17.9 Å². The maximum atomic E-state index is 14.5. The quantitative estimate of drug-likeness (QED) is 0.687. The average molecular weight is 481 g/mol. The summed E-state index contributed by atoms with van der Waals surface area (Å²) < 4.78 is 28.1. The van der Waals surface area contributed by atoms with E-state index in [1.165, 1.54) is 18.2 Å². The number of hydrogen-bond acceptors (Lipinski definition) is 4. The average Bonchev–Trinajstić information content (AvgIpc) is 3.28. The molecular formula is C27H30F2N4O2. The Labute approximate surface area is 204 Å². The van der Waals surface area contributed by atoms with Crippen LogP contribution in [-0.4, -0.2) is 53.5 Å². The Kier molecular flexibility index (Phi) is 7.46. The first-order valence-electron chi connectivity index (χ1n) is 12.0. The summed E-state index contributed by atoms with van der Waals surface area (Å²) in [5.74, 6) is -1.03. The van der Waals surface area contributed by atoms with Crippen LogP contribution in [0, 0.1) is 30.0 Å². The SMILES string of the molecule is Cc1c(CN2CCN(C(=O)C3CCC(F)C3)C(C)C2)cc(F)cc1NC(=O)c1cccc(C#N)c1. The Balaban J connectivity index is 1.42. The van der Waals surface area contributed by atoms with Crippen molar-refractivity contribution in [3.63, 3.8) is 0 Å². The highest BCUT2D eigenvalue weighted by molar-refractivity contribution is 6.04. The Bertz CT molecular complexity index is 1160. The molecule has 35 heavy (non-hydrogen) atoms. The van der Waals surface area contributed by atoms with Crippen LogP contribution < -0.4 is 5.32 Å². The summed E-state index contributed by atoms with van der Waals surface area (Å²) in [5, 5.41) is 11.8. The molecule has 1 aliphatic heterocycles. The first-order valence-corrected chi connectivity index (χ1v) is 12.0. The standard InChI is InChI=1S/C27H30F2N4O2/c1-17-15-32(8-9-33(17)27(35)21-6-7-23(28)11-21)16-22-12-24(29)13-25(18(22)2)31-26(34)20-5-3-4-19(10-20)14-30/h3-5,10,12-13,17,21,23H,6-9,11,15-16H2,1-2H3,(H,31,34). The van der Waals surface area contributed by atoms with E-state index in [4.69, 9.17) is 5.26 Å². The van der Waals surface area contributed by atoms with Crippen molar-refractivity contribution in [1.82, 2.24) is 9.80 Å². The number of nitrogens with zero attached hydrogens (tertiary/aromatic N) is 3. The number of alkyl halides is 1. The van der Waals surface area contributed by atoms with Crippen LogP contribution >= 0.6 is 0 Å². The molecule has 3 atom stereocenters. The number of amides is 2. The van der Waals surface area contributed by atoms with Gasteiger partial charge in [0.05, 0.1) is 11.6 Å². The lowest BCUT2D eigenvalue weighted by atomic mass is 10.0. The number of rotatable bonds is 5. The van der Waals surface area contributed by atoms with Gasteiger partial charge in [0.1, 0.15) is 12.0 Å². The van der Waals surface area contributed by atoms with E-state index in [1.807, 2.05) is 24.8 Å². The number of anilines is 1. The minimum absolute atomic E-state index is 0.0182. The number of nitrogens with one attached hydrogen (secondary N) is 1. The van der Waals surface area contributed by atoms with Gasteiger partial charge in [-0.1, -0.05) is 6.07 Å². The maximum absolute atomic E-state index is 14.5. The highest BCUT2D eigenvalue weighted by Crippen LogP contribution is 2.31. The van der Waals surface area contributed by atoms with Crippen molar-refractivity contribution in [2.24, 2.45) is 5.92 Å². The molecule has 0 bridgehead atoms. The highest BCUT2D eigenvalue weighted by Gasteiger charge is 2.36. The van der Waals surface area contributed by atoms with Crippen LogP contribution in [0.4, 0.5) is 14.5 Å². The van der Waals surface area contributed by atoms with Crippen molar-refractivity contribution in [3.8, 4) is 6.07 Å². The molecule has 2 aromatic carbocycles. The fourth-order valence-corrected chi connectivity index (χ4v) is 5.08. The zero-order valence-corrected chi connectivity index (χ0v) is 20.1. The van der Waals surface area contributed by atoms with Crippen LogP contribution in [0.2, 0.25) is 0 Å². The van der Waals surface area contributed by atoms with Gasteiger partial charge in [-0.3, -0.25) is 14.5 Å². The molecule has 1 saturated heterocycles. The van der Waals surface area contributed by atoms with Gasteiger partial charge in [0, 0.05) is 49.4 Å². The van der Waals surface area contributed by atoms with E-state index in [9.17, 15) is 18.4 Å². The zero-order valence-electron chi connectivity index (χ0n) is 20.1. The lowest BCUT2D eigenvalue weighted by Gasteiger charge is -2.41. The van der Waals surface area contributed by atoms with E-state index in [0.29, 0.717) is 62.3 Å². The fourth-order valence-electron chi connectivity index (χ4n) is 5.08. The number of benzene rings is 2. The predicted octanol–water partition coefficient (Wildman–Crippen LogP) is 4.43. The molecule has 2 aliphatic rings. The van der Waals surface area contributed by atoms with Crippen LogP contribution in [0.15, 0.2) is 36.4 Å². The van der Waals surface area contributed by atoms with Crippen LogP contribution in [-0.2, 0) is 11.3 Å². The molecule has 1 aliphatic carbocycles. The second-order valence-electron chi connectivity index (χ2n) is 9.61. The molecule has 1 N–H and O–H groups in total. The van der Waals surface area contributed by atoms with Gasteiger partial charge in [0.2, 0.25) is 5.91 Å². The van der Waals surface area contributed by atoms with E-state index in [2.05, 4.69) is 10.2 Å². The summed E-state index contributed by atoms with van der Waals surface area (Å²) in [7, 11) is 0. The van der Waals surface area contributed by atoms with E-state index in [-0.39, 0.29) is 17.9 Å². The molecule has 3 unspecified atom stereocenters. The van der Waals surface area contributed by atoms with Gasteiger partial charge in [-0.15, -0.1) is 0 Å². The Morgan fingerprint density at radius 1 is 1.20 bits per heavy atom. The van der Waals surface area contributed by atoms with Gasteiger partial charge in [-0.2, -0.15) is 5.26 Å². The zero-order chi connectivity index (χ0) is 25.1. The molecule has 1 heterocycles. The monoisotopic (exact) mass is 480 g/mol. The number of carbonyl (C=O) groups is 2. The third-order valence-corrected chi connectivity index (χ3v) is 7.09. The molecule has 2 amide bonds. The van der Waals surface area contributed by atoms with Gasteiger partial charge < -0.3 is 10.2 Å². The second-order valence-corrected chi connectivity index (χ2v) is 9.61. The number of piperazine rings is 1. The van der Waals surface area contributed by atoms with Gasteiger partial charge in [0.25, 0.3) is 5.91 Å². The summed E-state index contributed by atoms with van der Waals surface area (Å²) in [6, 6.07) is 11.1. The van der Waals surface area contributed by atoms with Crippen LogP contribution in [0.3, 0.4) is 0 Å². The van der Waals surface area contributed by atoms with Gasteiger partial charge in [-0.05, 0) is 74.6 Å². The summed E-state index contributed by atoms with van der Waals surface area (Å²) in [6.07, 6.45) is 0.530. The Morgan fingerprint density at radius 3 is 2.69 bits per heavy atom. The Morgan fingerprint density at radius 2 is 2.00 bits per heavy atom. The van der Waals surface area contributed by atoms with Crippen LogP contribution in [0.1, 0.15) is 53.2 Å². The molecule has 0 spiro atoms. The maximum Gasteiger partial charge on any atom is 0.255 e. The second kappa shape index (κ2) is 10.5. The van der Waals surface area contributed by atoms with Crippen molar-refractivity contribution in [1.29, 1.82) is 5.26 Å². The molecule has 0 radical (unpaired) electrons. The van der Waals surface area contributed by atoms with Crippen LogP contribution in [0.5, 0.6) is 0 Å². The van der Waals surface area contributed by atoms with Crippen LogP contribution in [0.25, 0.3) is 0 Å². The summed E-state index contributed by atoms with van der Waals surface area (Å²) in [6.45, 7) is 6.15. The summed E-state index contributed by atoms with van der Waals surface area (Å²) in [5.41, 5.74) is 2.61. The predicted molar refractivity (Wildman–Crippen MR) is 129 cm³/mol. The summed E-state index contributed by atoms with van der Waals surface area (Å²) >= 11 is 0. The first-order chi connectivity index (χ1) is 16.7. The number of nitriles is 1. The third-order valence-electron chi connectivity index (χ3n) is 7.09. The van der Waals surface area contributed by atoms with Gasteiger partial charge in [-0.25, -0.2) is 8.78 Å². The fraction of sp³-hybridized carbons (Fsp3) is 0.444. The smallest absolute Gasteiger partial charge is 0.255 e. The largest absolute Gasteiger partial charge is 0.337 e. The van der Waals surface area contributed by atoms with Gasteiger partial charge in [0.15, 0.2) is 0 Å². The van der Waals surface area contributed by atoms with E-state index in [0.717, 1.165) is 11.1 Å². The normalized spacial score (nSPS) is 22.6. The minimum Gasteiger partial charge on any atom is -0.337 e. The van der Waals surface area contributed by atoms with E-state index in [1.54, 1.807) is 18.2 Å². The molecule has 4 rings (SSSR count). The topological polar surface area (TPSA) is 76.4 Å². The number of halogens is 2. The molecule has 184 valence electrons. The Hall–Kier alpha value is -3.31. The van der Waals surface area contributed by atoms with Crippen molar-refractivity contribution < 1.29 is 18.4 Å². The van der Waals surface area contributed by atoms with Gasteiger partial charge >= 0.3 is 0 Å². The first kappa shape index (κ1) is 24.8. The van der Waals surface area contributed by atoms with Crippen molar-refractivity contribution in [2.45, 2.75) is 51.9 Å². The minimum atomic E-state index is -0.874. The van der Waals surface area contributed by atoms with Crippen molar-refractivity contribution in [2.75, 3.05) is 25.0 Å². The third kappa shape index (κ3) is 5.68. The number of carbonyl (C=O) groups excluding carboxylic acids is 2. The lowest BCUT2D eigenvalue weighted by Crippen LogP contribution is -2.54. The highest BCUT2D eigenvalue weighted by atomic mass is 19.1. The molecular weight excluding hydrogens is 450 g/mol. The molecule has 2 aromatic rings. The van der Waals surface area contributed by atoms with Crippen molar-refractivity contribution in [3.05, 3.63) is 64.5 Å². The van der Waals surface area contributed by atoms with Crippen molar-refractivity contribution >= 4 is 17.5 Å². The number of hydrogen-bond donors (Lipinski definition) is 1. The molecule has 2 fully saturated rings. The summed E-state index contributed by atoms with van der Waals surface area (Å²) in [4.78, 5) is 29.6. The molecule has 0 aromatic heterocycles.